The second kappa shape index (κ2) is 10.5. The van der Waals surface area contributed by atoms with Crippen molar-refractivity contribution in [2.24, 2.45) is 0 Å². The zero-order chi connectivity index (χ0) is 20.4. The standard InChI is InChI=1S/C20H19FN2O5/c1-2-27-15-10-7-14(8-11-15)9-12-19(25)28-13-18(24)22-23-20(26)16-5-3-4-6-17(16)21/h3-12H,2,13H2,1H3,(H,22,24)(H,23,26)/b12-9+. The molecule has 7 nitrogen and oxygen atoms in total. The van der Waals surface area contributed by atoms with Gasteiger partial charge in [0.2, 0.25) is 0 Å². The van der Waals surface area contributed by atoms with Crippen LogP contribution in [0.4, 0.5) is 4.39 Å². The average molecular weight is 386 g/mol. The van der Waals surface area contributed by atoms with E-state index in [0.717, 1.165) is 17.4 Å². The van der Waals surface area contributed by atoms with Crippen LogP contribution in [-0.4, -0.2) is 31.0 Å². The van der Waals surface area contributed by atoms with E-state index in [1.165, 1.54) is 30.4 Å². The summed E-state index contributed by atoms with van der Waals surface area (Å²) in [5.74, 6) is -2.33. The summed E-state index contributed by atoms with van der Waals surface area (Å²) in [6.07, 6.45) is 2.69. The van der Waals surface area contributed by atoms with E-state index in [1.807, 2.05) is 17.8 Å². The molecule has 0 aromatic heterocycles. The van der Waals surface area contributed by atoms with Crippen LogP contribution in [-0.2, 0) is 14.3 Å². The van der Waals surface area contributed by atoms with Gasteiger partial charge in [0.05, 0.1) is 12.2 Å². The van der Waals surface area contributed by atoms with Gasteiger partial charge in [0.15, 0.2) is 6.61 Å². The molecular formula is C20H19FN2O5. The molecule has 8 heteroatoms. The van der Waals surface area contributed by atoms with Crippen molar-refractivity contribution in [1.82, 2.24) is 10.9 Å². The van der Waals surface area contributed by atoms with Crippen molar-refractivity contribution >= 4 is 23.9 Å². The molecule has 0 atom stereocenters. The van der Waals surface area contributed by atoms with Crippen LogP contribution in [0, 0.1) is 5.82 Å². The Labute approximate surface area is 161 Å². The topological polar surface area (TPSA) is 93.7 Å². The number of hydrogen-bond acceptors (Lipinski definition) is 5. The summed E-state index contributed by atoms with van der Waals surface area (Å²) in [4.78, 5) is 35.0. The van der Waals surface area contributed by atoms with Crippen molar-refractivity contribution < 1.29 is 28.2 Å². The first-order valence-corrected chi connectivity index (χ1v) is 8.41. The Morgan fingerprint density at radius 2 is 1.75 bits per heavy atom. The Hall–Kier alpha value is -3.68. The molecule has 2 aromatic carbocycles. The maximum Gasteiger partial charge on any atom is 0.331 e. The van der Waals surface area contributed by atoms with E-state index < -0.39 is 30.2 Å². The molecule has 0 bridgehead atoms. The Morgan fingerprint density at radius 3 is 2.43 bits per heavy atom. The van der Waals surface area contributed by atoms with Crippen molar-refractivity contribution in [3.8, 4) is 5.75 Å². The molecular weight excluding hydrogens is 367 g/mol. The first-order chi connectivity index (χ1) is 13.5. The summed E-state index contributed by atoms with van der Waals surface area (Å²) in [5, 5.41) is 0. The zero-order valence-corrected chi connectivity index (χ0v) is 15.1. The first-order valence-electron chi connectivity index (χ1n) is 8.41. The predicted octanol–water partition coefficient (Wildman–Crippen LogP) is 2.24. The van der Waals surface area contributed by atoms with Gasteiger partial charge in [-0.25, -0.2) is 9.18 Å². The maximum atomic E-state index is 13.4. The number of amides is 2. The van der Waals surface area contributed by atoms with Gasteiger partial charge in [-0.15, -0.1) is 0 Å². The quantitative estimate of drug-likeness (QED) is 0.432. The lowest BCUT2D eigenvalue weighted by atomic mass is 10.2. The van der Waals surface area contributed by atoms with Crippen molar-refractivity contribution in [2.75, 3.05) is 13.2 Å². The van der Waals surface area contributed by atoms with Gasteiger partial charge in [-0.2, -0.15) is 0 Å². The Bertz CT molecular complexity index is 865. The van der Waals surface area contributed by atoms with Gasteiger partial charge in [0.25, 0.3) is 11.8 Å². The molecule has 2 aromatic rings. The van der Waals surface area contributed by atoms with Gasteiger partial charge in [-0.1, -0.05) is 24.3 Å². The van der Waals surface area contributed by atoms with E-state index in [0.29, 0.717) is 6.61 Å². The van der Waals surface area contributed by atoms with Crippen molar-refractivity contribution in [3.05, 3.63) is 71.6 Å². The van der Waals surface area contributed by atoms with Crippen LogP contribution < -0.4 is 15.6 Å². The summed E-state index contributed by atoms with van der Waals surface area (Å²) in [6.45, 7) is 1.83. The second-order valence-corrected chi connectivity index (χ2v) is 5.43. The minimum atomic E-state index is -0.826. The normalized spacial score (nSPS) is 10.4. The van der Waals surface area contributed by atoms with Gasteiger partial charge < -0.3 is 9.47 Å². The van der Waals surface area contributed by atoms with E-state index in [2.05, 4.69) is 0 Å². The van der Waals surface area contributed by atoms with Crippen LogP contribution >= 0.6 is 0 Å². The van der Waals surface area contributed by atoms with Crippen LogP contribution in [0.25, 0.3) is 6.08 Å². The molecule has 0 saturated carbocycles. The highest BCUT2D eigenvalue weighted by molar-refractivity contribution is 5.96. The third-order valence-corrected chi connectivity index (χ3v) is 3.38. The fourth-order valence-electron chi connectivity index (χ4n) is 2.07. The first kappa shape index (κ1) is 20.6. The molecule has 2 N–H and O–H groups in total. The molecule has 0 unspecified atom stereocenters. The molecule has 146 valence electrons. The summed E-state index contributed by atoms with van der Waals surface area (Å²) < 4.78 is 23.5. The van der Waals surface area contributed by atoms with Crippen LogP contribution in [0.15, 0.2) is 54.6 Å². The summed E-state index contributed by atoms with van der Waals surface area (Å²) in [7, 11) is 0. The van der Waals surface area contributed by atoms with Gasteiger partial charge in [-0.3, -0.25) is 20.4 Å². The minimum Gasteiger partial charge on any atom is -0.494 e. The largest absolute Gasteiger partial charge is 0.494 e. The zero-order valence-electron chi connectivity index (χ0n) is 15.1. The Morgan fingerprint density at radius 1 is 1.04 bits per heavy atom. The highest BCUT2D eigenvalue weighted by atomic mass is 19.1. The maximum absolute atomic E-state index is 13.4. The van der Waals surface area contributed by atoms with Crippen LogP contribution in [0.5, 0.6) is 5.75 Å². The minimum absolute atomic E-state index is 0.224. The molecule has 0 fully saturated rings. The third-order valence-electron chi connectivity index (χ3n) is 3.38. The molecule has 0 aliphatic heterocycles. The van der Waals surface area contributed by atoms with E-state index in [9.17, 15) is 18.8 Å². The van der Waals surface area contributed by atoms with Crippen molar-refractivity contribution in [3.63, 3.8) is 0 Å². The average Bonchev–Trinajstić information content (AvgIpc) is 2.70. The molecule has 28 heavy (non-hydrogen) atoms. The summed E-state index contributed by atoms with van der Waals surface area (Å²) >= 11 is 0. The fourth-order valence-corrected chi connectivity index (χ4v) is 2.07. The number of hydrogen-bond donors (Lipinski definition) is 2. The number of halogens is 1. The summed E-state index contributed by atoms with van der Waals surface area (Å²) in [6, 6.07) is 12.4. The molecule has 0 aliphatic rings. The second-order valence-electron chi connectivity index (χ2n) is 5.43. The molecule has 2 amide bonds. The smallest absolute Gasteiger partial charge is 0.331 e. The Balaban J connectivity index is 1.73. The number of benzene rings is 2. The molecule has 0 aliphatic carbocycles. The number of nitrogens with one attached hydrogen (secondary N) is 2. The lowest BCUT2D eigenvalue weighted by Crippen LogP contribution is -2.43. The SMILES string of the molecule is CCOc1ccc(/C=C/C(=O)OCC(=O)NNC(=O)c2ccccc2F)cc1. The summed E-state index contributed by atoms with van der Waals surface area (Å²) in [5.41, 5.74) is 4.60. The van der Waals surface area contributed by atoms with E-state index >= 15 is 0 Å². The lowest BCUT2D eigenvalue weighted by molar-refractivity contribution is -0.144. The molecule has 2 rings (SSSR count). The van der Waals surface area contributed by atoms with Crippen LogP contribution in [0.1, 0.15) is 22.8 Å². The van der Waals surface area contributed by atoms with Crippen LogP contribution in [0.2, 0.25) is 0 Å². The molecule has 0 saturated heterocycles. The Kier molecular flexibility index (Phi) is 7.71. The van der Waals surface area contributed by atoms with E-state index in [-0.39, 0.29) is 5.56 Å². The highest BCUT2D eigenvalue weighted by Crippen LogP contribution is 2.13. The van der Waals surface area contributed by atoms with Crippen molar-refractivity contribution in [1.29, 1.82) is 0 Å². The predicted molar refractivity (Wildman–Crippen MR) is 99.6 cm³/mol. The number of esters is 1. The van der Waals surface area contributed by atoms with E-state index in [4.69, 9.17) is 9.47 Å². The van der Waals surface area contributed by atoms with Crippen LogP contribution in [0.3, 0.4) is 0 Å². The lowest BCUT2D eigenvalue weighted by Gasteiger charge is -2.07. The number of carbonyl (C=O) groups is 3. The number of hydrazine groups is 1. The van der Waals surface area contributed by atoms with Gasteiger partial charge in [-0.05, 0) is 42.8 Å². The third kappa shape index (κ3) is 6.56. The molecule has 0 spiro atoms. The van der Waals surface area contributed by atoms with E-state index in [1.54, 1.807) is 24.3 Å². The van der Waals surface area contributed by atoms with Gasteiger partial charge in [0, 0.05) is 6.08 Å². The number of ether oxygens (including phenoxy) is 2. The molecule has 0 radical (unpaired) electrons. The highest BCUT2D eigenvalue weighted by Gasteiger charge is 2.12. The van der Waals surface area contributed by atoms with Gasteiger partial charge >= 0.3 is 5.97 Å². The van der Waals surface area contributed by atoms with Crippen molar-refractivity contribution in [2.45, 2.75) is 6.92 Å². The monoisotopic (exact) mass is 386 g/mol. The fraction of sp³-hybridized carbons (Fsp3) is 0.150. The van der Waals surface area contributed by atoms with Gasteiger partial charge in [0.1, 0.15) is 11.6 Å². The number of carbonyl (C=O) groups excluding carboxylic acids is 3. The molecule has 0 heterocycles. The number of rotatable bonds is 7.